The van der Waals surface area contributed by atoms with Crippen molar-refractivity contribution in [2.75, 3.05) is 5.73 Å². The Labute approximate surface area is 73.6 Å². The van der Waals surface area contributed by atoms with Crippen LogP contribution in [0.2, 0.25) is 0 Å². The van der Waals surface area contributed by atoms with E-state index in [0.717, 1.165) is 6.07 Å². The topological polar surface area (TPSA) is 79.1 Å². The molecule has 1 heterocycles. The number of pyridine rings is 1. The Morgan fingerprint density at radius 2 is 2.08 bits per heavy atom. The van der Waals surface area contributed by atoms with Gasteiger partial charge >= 0.3 is 0 Å². The van der Waals surface area contributed by atoms with Gasteiger partial charge in [-0.1, -0.05) is 0 Å². The van der Waals surface area contributed by atoms with Crippen molar-refractivity contribution in [3.8, 4) is 5.75 Å². The molecule has 13 heavy (non-hydrogen) atoms. The lowest BCUT2D eigenvalue weighted by Gasteiger charge is -2.00. The van der Waals surface area contributed by atoms with Gasteiger partial charge in [-0.05, 0) is 18.2 Å². The van der Waals surface area contributed by atoms with E-state index in [9.17, 15) is 9.90 Å². The van der Waals surface area contributed by atoms with Crippen LogP contribution in [0.5, 0.6) is 5.75 Å². The zero-order valence-electron chi connectivity index (χ0n) is 6.74. The summed E-state index contributed by atoms with van der Waals surface area (Å²) in [5, 5.41) is 9.96. The normalized spacial score (nSPS) is 10.5. The van der Waals surface area contributed by atoms with E-state index in [-0.39, 0.29) is 11.3 Å². The molecule has 0 aliphatic carbocycles. The number of hydrogen-bond donors (Lipinski definition) is 3. The molecular weight excluding hydrogens is 168 g/mol. The zero-order chi connectivity index (χ0) is 9.42. The molecule has 0 fully saturated rings. The Bertz CT molecular complexity index is 516. The number of nitrogens with one attached hydrogen (secondary N) is 1. The Balaban J connectivity index is 2.95. The van der Waals surface area contributed by atoms with Crippen LogP contribution >= 0.6 is 0 Å². The van der Waals surface area contributed by atoms with Crippen LogP contribution in [0.3, 0.4) is 0 Å². The summed E-state index contributed by atoms with van der Waals surface area (Å²) in [5.41, 5.74) is 6.34. The first-order valence-corrected chi connectivity index (χ1v) is 3.78. The summed E-state index contributed by atoms with van der Waals surface area (Å²) in [7, 11) is 0. The van der Waals surface area contributed by atoms with E-state index in [0.29, 0.717) is 16.6 Å². The third kappa shape index (κ3) is 1.22. The summed E-state index contributed by atoms with van der Waals surface area (Å²) in [6.45, 7) is 0. The minimum atomic E-state index is -0.324. The van der Waals surface area contributed by atoms with E-state index >= 15 is 0 Å². The van der Waals surface area contributed by atoms with Crippen molar-refractivity contribution in [1.29, 1.82) is 0 Å². The van der Waals surface area contributed by atoms with Crippen LogP contribution in [0.1, 0.15) is 0 Å². The number of aromatic nitrogens is 1. The lowest BCUT2D eigenvalue weighted by Crippen LogP contribution is -2.03. The molecule has 0 atom stereocenters. The molecule has 4 nitrogen and oxygen atoms in total. The van der Waals surface area contributed by atoms with Gasteiger partial charge in [0.1, 0.15) is 5.75 Å². The lowest BCUT2D eigenvalue weighted by molar-refractivity contribution is 0.480. The molecule has 0 aliphatic heterocycles. The van der Waals surface area contributed by atoms with Crippen molar-refractivity contribution in [1.82, 2.24) is 4.98 Å². The van der Waals surface area contributed by atoms with Gasteiger partial charge in [-0.15, -0.1) is 0 Å². The number of aromatic hydroxyl groups is 1. The van der Waals surface area contributed by atoms with Gasteiger partial charge in [0, 0.05) is 17.1 Å². The maximum atomic E-state index is 10.9. The zero-order valence-corrected chi connectivity index (χ0v) is 6.74. The van der Waals surface area contributed by atoms with E-state index in [4.69, 9.17) is 5.73 Å². The number of rotatable bonds is 0. The highest BCUT2D eigenvalue weighted by atomic mass is 16.3. The molecule has 66 valence electrons. The van der Waals surface area contributed by atoms with E-state index in [1.54, 1.807) is 18.2 Å². The molecule has 0 saturated heterocycles. The Morgan fingerprint density at radius 3 is 2.85 bits per heavy atom. The standard InChI is InChI=1S/C9H8N2O2/c10-5-1-2-7-6(3-5)8(12)4-9(13)11-7/h1-4H,10H2,(H2,11,12,13). The summed E-state index contributed by atoms with van der Waals surface area (Å²) in [6.07, 6.45) is 0. The van der Waals surface area contributed by atoms with Crippen molar-refractivity contribution in [2.45, 2.75) is 0 Å². The predicted molar refractivity (Wildman–Crippen MR) is 50.6 cm³/mol. The number of aromatic amines is 1. The fourth-order valence-corrected chi connectivity index (χ4v) is 1.25. The van der Waals surface area contributed by atoms with Gasteiger partial charge in [-0.2, -0.15) is 0 Å². The van der Waals surface area contributed by atoms with Crippen LogP contribution in [0.25, 0.3) is 10.9 Å². The second kappa shape index (κ2) is 2.52. The molecule has 0 aliphatic rings. The summed E-state index contributed by atoms with van der Waals surface area (Å²) in [6, 6.07) is 6.06. The van der Waals surface area contributed by atoms with E-state index in [1.807, 2.05) is 0 Å². The fourth-order valence-electron chi connectivity index (χ4n) is 1.25. The van der Waals surface area contributed by atoms with Gasteiger partial charge in [0.15, 0.2) is 0 Å². The van der Waals surface area contributed by atoms with Gasteiger partial charge in [-0.25, -0.2) is 0 Å². The molecule has 4 heteroatoms. The number of anilines is 1. The van der Waals surface area contributed by atoms with E-state index < -0.39 is 0 Å². The molecule has 1 aromatic heterocycles. The maximum Gasteiger partial charge on any atom is 0.252 e. The number of benzene rings is 1. The highest BCUT2D eigenvalue weighted by Gasteiger charge is 2.01. The minimum absolute atomic E-state index is 0.0500. The highest BCUT2D eigenvalue weighted by Crippen LogP contribution is 2.22. The molecule has 4 N–H and O–H groups in total. The molecule has 0 spiro atoms. The molecule has 1 aromatic carbocycles. The number of hydrogen-bond acceptors (Lipinski definition) is 3. The second-order valence-electron chi connectivity index (χ2n) is 2.82. The van der Waals surface area contributed by atoms with Crippen LogP contribution in [-0.2, 0) is 0 Å². The van der Waals surface area contributed by atoms with Gasteiger partial charge in [-0.3, -0.25) is 4.79 Å². The third-order valence-corrected chi connectivity index (χ3v) is 1.85. The monoisotopic (exact) mass is 176 g/mol. The first-order valence-electron chi connectivity index (χ1n) is 3.78. The average molecular weight is 176 g/mol. The number of nitrogen functional groups attached to an aromatic ring is 1. The van der Waals surface area contributed by atoms with Crippen molar-refractivity contribution >= 4 is 16.6 Å². The highest BCUT2D eigenvalue weighted by molar-refractivity contribution is 5.87. The predicted octanol–water partition coefficient (Wildman–Crippen LogP) is 0.816. The summed E-state index contributed by atoms with van der Waals surface area (Å²) in [5.74, 6) is -0.0500. The van der Waals surface area contributed by atoms with Crippen molar-refractivity contribution in [2.24, 2.45) is 0 Å². The fraction of sp³-hybridized carbons (Fsp3) is 0. The maximum absolute atomic E-state index is 10.9. The molecule has 2 aromatic rings. The van der Waals surface area contributed by atoms with Crippen LogP contribution in [-0.4, -0.2) is 10.1 Å². The van der Waals surface area contributed by atoms with Crippen LogP contribution in [0.4, 0.5) is 5.69 Å². The molecular formula is C9H8N2O2. The SMILES string of the molecule is Nc1ccc2[nH]c(=O)cc(O)c2c1. The van der Waals surface area contributed by atoms with Gasteiger partial charge in [0.25, 0.3) is 5.56 Å². The third-order valence-electron chi connectivity index (χ3n) is 1.85. The smallest absolute Gasteiger partial charge is 0.252 e. The summed E-state index contributed by atoms with van der Waals surface area (Å²) < 4.78 is 0. The Hall–Kier alpha value is -1.97. The summed E-state index contributed by atoms with van der Waals surface area (Å²) in [4.78, 5) is 13.5. The number of nitrogens with two attached hydrogens (primary N) is 1. The van der Waals surface area contributed by atoms with E-state index in [2.05, 4.69) is 4.98 Å². The second-order valence-corrected chi connectivity index (χ2v) is 2.82. The average Bonchev–Trinajstić information content (AvgIpc) is 2.06. The van der Waals surface area contributed by atoms with Crippen LogP contribution in [0, 0.1) is 0 Å². The first-order chi connectivity index (χ1) is 6.16. The molecule has 0 bridgehead atoms. The van der Waals surface area contributed by atoms with Crippen LogP contribution in [0.15, 0.2) is 29.1 Å². The molecule has 2 rings (SSSR count). The van der Waals surface area contributed by atoms with Crippen molar-refractivity contribution in [3.63, 3.8) is 0 Å². The first kappa shape index (κ1) is 7.67. The Kier molecular flexibility index (Phi) is 1.48. The molecule has 0 unspecified atom stereocenters. The van der Waals surface area contributed by atoms with Crippen molar-refractivity contribution in [3.05, 3.63) is 34.6 Å². The molecule has 0 saturated carbocycles. The van der Waals surface area contributed by atoms with Gasteiger partial charge in [0.2, 0.25) is 0 Å². The quantitative estimate of drug-likeness (QED) is 0.520. The Morgan fingerprint density at radius 1 is 1.31 bits per heavy atom. The largest absolute Gasteiger partial charge is 0.507 e. The number of H-pyrrole nitrogens is 1. The van der Waals surface area contributed by atoms with Crippen LogP contribution < -0.4 is 11.3 Å². The number of fused-ring (bicyclic) bond motifs is 1. The van der Waals surface area contributed by atoms with Gasteiger partial charge < -0.3 is 15.8 Å². The van der Waals surface area contributed by atoms with Gasteiger partial charge in [0.05, 0.1) is 5.52 Å². The minimum Gasteiger partial charge on any atom is -0.507 e. The summed E-state index contributed by atoms with van der Waals surface area (Å²) >= 11 is 0. The van der Waals surface area contributed by atoms with E-state index in [1.165, 1.54) is 0 Å². The van der Waals surface area contributed by atoms with Crippen molar-refractivity contribution < 1.29 is 5.11 Å². The molecule has 0 amide bonds. The molecule has 0 radical (unpaired) electrons. The lowest BCUT2D eigenvalue weighted by atomic mass is 10.2.